The normalized spacial score (nSPS) is 15.1. The largest absolute Gasteiger partial charge is 0.444 e. The summed E-state index contributed by atoms with van der Waals surface area (Å²) in [5, 5.41) is 12.6. The fourth-order valence-corrected chi connectivity index (χ4v) is 3.02. The number of hydrogen-bond acceptors (Lipinski definition) is 6. The van der Waals surface area contributed by atoms with E-state index in [-0.39, 0.29) is 24.1 Å². The van der Waals surface area contributed by atoms with E-state index in [0.717, 1.165) is 0 Å². The Morgan fingerprint density at radius 3 is 2.30 bits per heavy atom. The monoisotopic (exact) mass is 352 g/mol. The maximum atomic E-state index is 12.1. The molecule has 1 amide bonds. The first-order chi connectivity index (χ1) is 10.4. The van der Waals surface area contributed by atoms with Crippen LogP contribution in [0.3, 0.4) is 0 Å². The molecule has 0 aliphatic heterocycles. The highest BCUT2D eigenvalue weighted by Crippen LogP contribution is 2.10. The quantitative estimate of drug-likeness (QED) is 0.643. The van der Waals surface area contributed by atoms with Gasteiger partial charge in [0.1, 0.15) is 5.60 Å². The third-order valence-electron chi connectivity index (χ3n) is 2.95. The molecule has 0 aromatic carbocycles. The molecule has 0 heterocycles. The van der Waals surface area contributed by atoms with Crippen LogP contribution in [0.2, 0.25) is 0 Å². The summed E-state index contributed by atoms with van der Waals surface area (Å²) in [4.78, 5) is 13.5. The molecule has 7 nitrogen and oxygen atoms in total. The van der Waals surface area contributed by atoms with Gasteiger partial charge in [-0.15, -0.1) is 0 Å². The molecule has 23 heavy (non-hydrogen) atoms. The molecule has 0 bridgehead atoms. The molecule has 0 rings (SSSR count). The topological polar surface area (TPSA) is 95.9 Å². The number of carbonyl (C=O) groups excluding carboxylic acids is 1. The van der Waals surface area contributed by atoms with Crippen molar-refractivity contribution in [2.45, 2.75) is 59.3 Å². The summed E-state index contributed by atoms with van der Waals surface area (Å²) in [5.74, 6) is 0.178. The molecule has 2 N–H and O–H groups in total. The molecule has 0 aromatic rings. The fraction of sp³-hybridized carbons (Fsp3) is 0.933. The molecule has 0 aliphatic rings. The third-order valence-corrected chi connectivity index (χ3v) is 4.84. The maximum absolute atomic E-state index is 12.1. The van der Waals surface area contributed by atoms with Gasteiger partial charge >= 0.3 is 6.09 Å². The predicted molar refractivity (Wildman–Crippen MR) is 91.3 cm³/mol. The molecule has 0 aliphatic carbocycles. The van der Waals surface area contributed by atoms with Crippen molar-refractivity contribution in [1.29, 1.82) is 0 Å². The molecule has 0 radical (unpaired) electrons. The first-order valence-electron chi connectivity index (χ1n) is 7.96. The zero-order chi connectivity index (χ0) is 18.3. The van der Waals surface area contributed by atoms with Crippen LogP contribution in [0, 0.1) is 0 Å². The van der Waals surface area contributed by atoms with Crippen LogP contribution < -0.4 is 5.32 Å². The van der Waals surface area contributed by atoms with Crippen LogP contribution in [0.1, 0.15) is 41.5 Å². The van der Waals surface area contributed by atoms with Gasteiger partial charge in [0.05, 0.1) is 11.9 Å². The summed E-state index contributed by atoms with van der Waals surface area (Å²) in [6, 6.07) is -0.202. The van der Waals surface area contributed by atoms with E-state index in [1.165, 1.54) is 4.90 Å². The van der Waals surface area contributed by atoms with Crippen molar-refractivity contribution in [3.05, 3.63) is 0 Å². The van der Waals surface area contributed by atoms with Crippen LogP contribution in [0.5, 0.6) is 0 Å². The molecule has 138 valence electrons. The van der Waals surface area contributed by atoms with Crippen molar-refractivity contribution in [1.82, 2.24) is 10.2 Å². The Balaban J connectivity index is 4.48. The Bertz CT molecular complexity index is 457. The van der Waals surface area contributed by atoms with Gasteiger partial charge in [0.15, 0.2) is 9.84 Å². The van der Waals surface area contributed by atoms with Crippen molar-refractivity contribution >= 4 is 15.9 Å². The number of aliphatic hydroxyl groups excluding tert-OH is 1. The van der Waals surface area contributed by atoms with Crippen molar-refractivity contribution in [2.75, 3.05) is 31.1 Å². The van der Waals surface area contributed by atoms with E-state index in [9.17, 15) is 18.3 Å². The zero-order valence-electron chi connectivity index (χ0n) is 15.1. The molecular formula is C15H32N2O5S. The molecule has 2 unspecified atom stereocenters. The van der Waals surface area contributed by atoms with E-state index in [1.807, 2.05) is 0 Å². The Kier molecular flexibility index (Phi) is 9.09. The van der Waals surface area contributed by atoms with E-state index in [2.05, 4.69) is 5.32 Å². The smallest absolute Gasteiger partial charge is 0.410 e. The minimum atomic E-state index is -3.04. The molecule has 8 heteroatoms. The van der Waals surface area contributed by atoms with Gasteiger partial charge < -0.3 is 20.1 Å². The summed E-state index contributed by atoms with van der Waals surface area (Å²) in [6.45, 7) is 11.3. The van der Waals surface area contributed by atoms with Gasteiger partial charge in [0.25, 0.3) is 0 Å². The van der Waals surface area contributed by atoms with Gasteiger partial charge in [-0.3, -0.25) is 0 Å². The standard InChI is InChI=1S/C15H32N2O5S/c1-7-23(20,21)11-12(2)16-8-9-17(10-13(3)18)14(19)22-15(4,5)6/h12-13,16,18H,7-11H2,1-6H3. The molecular weight excluding hydrogens is 320 g/mol. The highest BCUT2D eigenvalue weighted by atomic mass is 32.2. The predicted octanol–water partition coefficient (Wildman–Crippen LogP) is 1.02. The first kappa shape index (κ1) is 22.1. The van der Waals surface area contributed by atoms with E-state index in [4.69, 9.17) is 4.74 Å². The lowest BCUT2D eigenvalue weighted by atomic mass is 10.2. The number of amides is 1. The lowest BCUT2D eigenvalue weighted by Gasteiger charge is -2.28. The number of nitrogens with one attached hydrogen (secondary N) is 1. The highest BCUT2D eigenvalue weighted by Gasteiger charge is 2.23. The van der Waals surface area contributed by atoms with Crippen LogP contribution in [-0.2, 0) is 14.6 Å². The number of hydrogen-bond donors (Lipinski definition) is 2. The Morgan fingerprint density at radius 1 is 1.30 bits per heavy atom. The molecule has 0 saturated carbocycles. The second kappa shape index (κ2) is 9.44. The average molecular weight is 352 g/mol. The van der Waals surface area contributed by atoms with Crippen LogP contribution in [0.15, 0.2) is 0 Å². The Morgan fingerprint density at radius 2 is 1.87 bits per heavy atom. The van der Waals surface area contributed by atoms with Gasteiger partial charge in [0.2, 0.25) is 0 Å². The fourth-order valence-electron chi connectivity index (χ4n) is 1.91. The van der Waals surface area contributed by atoms with Crippen molar-refractivity contribution in [3.63, 3.8) is 0 Å². The van der Waals surface area contributed by atoms with Crippen LogP contribution >= 0.6 is 0 Å². The van der Waals surface area contributed by atoms with E-state index in [0.29, 0.717) is 13.1 Å². The minimum Gasteiger partial charge on any atom is -0.444 e. The number of aliphatic hydroxyl groups is 1. The minimum absolute atomic E-state index is 0.0618. The van der Waals surface area contributed by atoms with Crippen LogP contribution in [-0.4, -0.2) is 73.4 Å². The number of carbonyl (C=O) groups is 1. The third kappa shape index (κ3) is 11.3. The summed E-state index contributed by atoms with van der Waals surface area (Å²) in [6.07, 6.45) is -1.16. The van der Waals surface area contributed by atoms with E-state index in [1.54, 1.807) is 41.5 Å². The summed E-state index contributed by atoms with van der Waals surface area (Å²) >= 11 is 0. The second-order valence-corrected chi connectivity index (χ2v) is 9.23. The van der Waals surface area contributed by atoms with Crippen molar-refractivity contribution in [2.24, 2.45) is 0 Å². The molecule has 2 atom stereocenters. The van der Waals surface area contributed by atoms with Gasteiger partial charge in [-0.1, -0.05) is 6.92 Å². The lowest BCUT2D eigenvalue weighted by Crippen LogP contribution is -2.45. The Labute approximate surface area is 140 Å². The molecule has 0 aromatic heterocycles. The SMILES string of the molecule is CCS(=O)(=O)CC(C)NCCN(CC(C)O)C(=O)OC(C)(C)C. The maximum Gasteiger partial charge on any atom is 0.410 e. The van der Waals surface area contributed by atoms with Gasteiger partial charge in [-0.2, -0.15) is 0 Å². The van der Waals surface area contributed by atoms with Crippen LogP contribution in [0.4, 0.5) is 4.79 Å². The first-order valence-corrected chi connectivity index (χ1v) is 9.78. The van der Waals surface area contributed by atoms with Gasteiger partial charge in [0, 0.05) is 31.4 Å². The summed E-state index contributed by atoms with van der Waals surface area (Å²) in [5.41, 5.74) is -0.607. The number of ether oxygens (including phenoxy) is 1. The molecule has 0 saturated heterocycles. The van der Waals surface area contributed by atoms with Crippen molar-refractivity contribution < 1.29 is 23.1 Å². The highest BCUT2D eigenvalue weighted by molar-refractivity contribution is 7.91. The Hall–Kier alpha value is -0.860. The average Bonchev–Trinajstić information content (AvgIpc) is 2.34. The number of sulfone groups is 1. The number of nitrogens with zero attached hydrogens (tertiary/aromatic N) is 1. The zero-order valence-corrected chi connectivity index (χ0v) is 15.9. The second-order valence-electron chi connectivity index (χ2n) is 6.83. The van der Waals surface area contributed by atoms with E-state index < -0.39 is 27.6 Å². The molecule has 0 fully saturated rings. The van der Waals surface area contributed by atoms with Gasteiger partial charge in [-0.05, 0) is 34.6 Å². The van der Waals surface area contributed by atoms with Gasteiger partial charge in [-0.25, -0.2) is 13.2 Å². The van der Waals surface area contributed by atoms with E-state index >= 15 is 0 Å². The summed E-state index contributed by atoms with van der Waals surface area (Å²) in [7, 11) is -3.04. The number of rotatable bonds is 9. The summed E-state index contributed by atoms with van der Waals surface area (Å²) < 4.78 is 28.4. The molecule has 0 spiro atoms. The lowest BCUT2D eigenvalue weighted by molar-refractivity contribution is 0.0163. The van der Waals surface area contributed by atoms with Crippen molar-refractivity contribution in [3.8, 4) is 0 Å². The van der Waals surface area contributed by atoms with Crippen LogP contribution in [0.25, 0.3) is 0 Å².